The van der Waals surface area contributed by atoms with Crippen LogP contribution in [0.1, 0.15) is 22.8 Å². The monoisotopic (exact) mass is 251 g/mol. The summed E-state index contributed by atoms with van der Waals surface area (Å²) >= 11 is 0. The molecule has 0 aliphatic rings. The molecule has 1 rings (SSSR count). The fourth-order valence-corrected chi connectivity index (χ4v) is 1.20. The molecule has 0 fully saturated rings. The molecule has 17 heavy (non-hydrogen) atoms. The summed E-state index contributed by atoms with van der Waals surface area (Å²) in [6.45, 7) is 0.931. The van der Waals surface area contributed by atoms with Gasteiger partial charge in [-0.1, -0.05) is 0 Å². The summed E-state index contributed by atoms with van der Waals surface area (Å²) in [6.07, 6.45) is -5.10. The van der Waals surface area contributed by atoms with Crippen LogP contribution in [0.25, 0.3) is 0 Å². The lowest BCUT2D eigenvalue weighted by molar-refractivity contribution is -0.390. The number of carbonyl (C=O) groups is 1. The molecule has 0 saturated carbocycles. The number of halogens is 4. The van der Waals surface area contributed by atoms with Gasteiger partial charge < -0.3 is 0 Å². The first-order chi connectivity index (χ1) is 7.64. The molecule has 0 aliphatic heterocycles. The number of hydrogen-bond donors (Lipinski definition) is 0. The van der Waals surface area contributed by atoms with Crippen molar-refractivity contribution < 1.29 is 27.3 Å². The maximum atomic E-state index is 13.2. The number of carbonyl (C=O) groups excluding carboxylic acids is 1. The van der Waals surface area contributed by atoms with Crippen LogP contribution in [0.5, 0.6) is 0 Å². The normalized spacial score (nSPS) is 11.4. The van der Waals surface area contributed by atoms with Gasteiger partial charge in [0.15, 0.2) is 5.78 Å². The van der Waals surface area contributed by atoms with Gasteiger partial charge in [0.1, 0.15) is 5.56 Å². The molecule has 0 atom stereocenters. The van der Waals surface area contributed by atoms with E-state index in [2.05, 4.69) is 0 Å². The van der Waals surface area contributed by atoms with Crippen molar-refractivity contribution in [2.24, 2.45) is 0 Å². The average molecular weight is 251 g/mol. The molecule has 0 radical (unpaired) electrons. The van der Waals surface area contributed by atoms with Crippen molar-refractivity contribution in [3.63, 3.8) is 0 Å². The molecule has 0 saturated heterocycles. The Balaban J connectivity index is 3.62. The molecule has 1 aromatic carbocycles. The van der Waals surface area contributed by atoms with Gasteiger partial charge in [-0.25, -0.2) is 0 Å². The van der Waals surface area contributed by atoms with Gasteiger partial charge in [0.05, 0.1) is 4.92 Å². The average Bonchev–Trinajstić information content (AvgIpc) is 2.14. The Bertz CT molecular complexity index is 496. The third-order valence-electron chi connectivity index (χ3n) is 1.96. The quantitative estimate of drug-likeness (QED) is 0.351. The fraction of sp³-hybridized carbons (Fsp3) is 0.222. The highest BCUT2D eigenvalue weighted by Crippen LogP contribution is 2.38. The topological polar surface area (TPSA) is 60.2 Å². The van der Waals surface area contributed by atoms with E-state index in [-0.39, 0.29) is 6.07 Å². The van der Waals surface area contributed by atoms with Crippen molar-refractivity contribution in [2.75, 3.05) is 0 Å². The zero-order valence-corrected chi connectivity index (χ0v) is 8.34. The SMILES string of the molecule is CC(=O)c1cc(F)c([N+](=O)[O-])c(C(F)(F)F)c1. The van der Waals surface area contributed by atoms with Gasteiger partial charge >= 0.3 is 11.9 Å². The van der Waals surface area contributed by atoms with Crippen LogP contribution in [-0.2, 0) is 6.18 Å². The number of hydrogen-bond acceptors (Lipinski definition) is 3. The molecule has 1 aromatic rings. The summed E-state index contributed by atoms with van der Waals surface area (Å²) in [4.78, 5) is 19.7. The van der Waals surface area contributed by atoms with Crippen molar-refractivity contribution in [3.8, 4) is 0 Å². The number of ketones is 1. The van der Waals surface area contributed by atoms with Crippen LogP contribution < -0.4 is 0 Å². The molecule has 4 nitrogen and oxygen atoms in total. The predicted octanol–water partition coefficient (Wildman–Crippen LogP) is 2.96. The van der Waals surface area contributed by atoms with E-state index in [1.807, 2.05) is 0 Å². The first-order valence-electron chi connectivity index (χ1n) is 4.20. The standard InChI is InChI=1S/C9H5F4NO3/c1-4(15)5-2-6(9(11,12)13)8(14(16)17)7(10)3-5/h2-3H,1H3. The lowest BCUT2D eigenvalue weighted by atomic mass is 10.1. The van der Waals surface area contributed by atoms with Crippen molar-refractivity contribution in [1.29, 1.82) is 0 Å². The Kier molecular flexibility index (Phi) is 3.16. The Morgan fingerprint density at radius 2 is 1.88 bits per heavy atom. The van der Waals surface area contributed by atoms with Gasteiger partial charge in [0.25, 0.3) is 0 Å². The number of nitro benzene ring substituents is 1. The van der Waals surface area contributed by atoms with E-state index in [0.29, 0.717) is 6.07 Å². The van der Waals surface area contributed by atoms with Gasteiger partial charge in [-0.15, -0.1) is 0 Å². The lowest BCUT2D eigenvalue weighted by Crippen LogP contribution is -2.12. The minimum atomic E-state index is -5.10. The van der Waals surface area contributed by atoms with Crippen molar-refractivity contribution in [3.05, 3.63) is 39.2 Å². The Hall–Kier alpha value is -1.99. The van der Waals surface area contributed by atoms with E-state index in [1.54, 1.807) is 0 Å². The number of nitro groups is 1. The second-order valence-electron chi connectivity index (χ2n) is 3.17. The largest absolute Gasteiger partial charge is 0.423 e. The molecular weight excluding hydrogens is 246 g/mol. The number of alkyl halides is 3. The summed E-state index contributed by atoms with van der Waals surface area (Å²) < 4.78 is 50.5. The van der Waals surface area contributed by atoms with Gasteiger partial charge in [-0.05, 0) is 19.1 Å². The molecule has 0 aromatic heterocycles. The molecule has 0 amide bonds. The Morgan fingerprint density at radius 3 is 2.24 bits per heavy atom. The third kappa shape index (κ3) is 2.58. The van der Waals surface area contributed by atoms with E-state index >= 15 is 0 Å². The smallest absolute Gasteiger partial charge is 0.295 e. The molecule has 0 heterocycles. The minimum Gasteiger partial charge on any atom is -0.295 e. The molecule has 0 N–H and O–H groups in total. The second kappa shape index (κ2) is 4.11. The second-order valence-corrected chi connectivity index (χ2v) is 3.17. The Morgan fingerprint density at radius 1 is 1.35 bits per heavy atom. The highest BCUT2D eigenvalue weighted by molar-refractivity contribution is 5.94. The van der Waals surface area contributed by atoms with E-state index in [4.69, 9.17) is 0 Å². The molecule has 0 spiro atoms. The van der Waals surface area contributed by atoms with Crippen LogP contribution in [0, 0.1) is 15.9 Å². The third-order valence-corrected chi connectivity index (χ3v) is 1.96. The lowest BCUT2D eigenvalue weighted by Gasteiger charge is -2.09. The first-order valence-corrected chi connectivity index (χ1v) is 4.20. The molecule has 0 bridgehead atoms. The first kappa shape index (κ1) is 13.1. The van der Waals surface area contributed by atoms with Crippen LogP contribution in [0.2, 0.25) is 0 Å². The van der Waals surface area contributed by atoms with Crippen LogP contribution in [0.15, 0.2) is 12.1 Å². The van der Waals surface area contributed by atoms with Crippen molar-refractivity contribution >= 4 is 11.5 Å². The summed E-state index contributed by atoms with van der Waals surface area (Å²) in [5, 5.41) is 10.4. The summed E-state index contributed by atoms with van der Waals surface area (Å²) in [5.41, 5.74) is -4.02. The highest BCUT2D eigenvalue weighted by Gasteiger charge is 2.41. The molecule has 92 valence electrons. The fourth-order valence-electron chi connectivity index (χ4n) is 1.20. The van der Waals surface area contributed by atoms with Gasteiger partial charge in [0.2, 0.25) is 5.82 Å². The maximum absolute atomic E-state index is 13.2. The van der Waals surface area contributed by atoms with E-state index < -0.39 is 39.5 Å². The molecule has 0 aliphatic carbocycles. The van der Waals surface area contributed by atoms with E-state index in [0.717, 1.165) is 6.92 Å². The number of nitrogens with zero attached hydrogens (tertiary/aromatic N) is 1. The van der Waals surface area contributed by atoms with Gasteiger partial charge in [-0.2, -0.15) is 17.6 Å². The molecular formula is C9H5F4NO3. The number of Topliss-reactive ketones (excluding diaryl/α,β-unsaturated/α-hetero) is 1. The van der Waals surface area contributed by atoms with Crippen LogP contribution in [-0.4, -0.2) is 10.7 Å². The zero-order valence-electron chi connectivity index (χ0n) is 8.34. The van der Waals surface area contributed by atoms with E-state index in [1.165, 1.54) is 0 Å². The molecule has 0 unspecified atom stereocenters. The van der Waals surface area contributed by atoms with Crippen LogP contribution in [0.3, 0.4) is 0 Å². The van der Waals surface area contributed by atoms with Crippen LogP contribution >= 0.6 is 0 Å². The zero-order chi connectivity index (χ0) is 13.4. The van der Waals surface area contributed by atoms with E-state index in [9.17, 15) is 32.5 Å². The Labute approximate surface area is 92.0 Å². The van der Waals surface area contributed by atoms with Crippen molar-refractivity contribution in [2.45, 2.75) is 13.1 Å². The number of benzene rings is 1. The maximum Gasteiger partial charge on any atom is 0.423 e. The van der Waals surface area contributed by atoms with Gasteiger partial charge in [0, 0.05) is 5.56 Å². The predicted molar refractivity (Wildman–Crippen MR) is 48.1 cm³/mol. The van der Waals surface area contributed by atoms with Crippen molar-refractivity contribution in [1.82, 2.24) is 0 Å². The van der Waals surface area contributed by atoms with Gasteiger partial charge in [-0.3, -0.25) is 14.9 Å². The highest BCUT2D eigenvalue weighted by atomic mass is 19.4. The summed E-state index contributed by atoms with van der Waals surface area (Å²) in [7, 11) is 0. The molecule has 8 heteroatoms. The van der Waals surface area contributed by atoms with Crippen LogP contribution in [0.4, 0.5) is 23.2 Å². The summed E-state index contributed by atoms with van der Waals surface area (Å²) in [6, 6.07) is 0.680. The minimum absolute atomic E-state index is 0.267. The number of rotatable bonds is 2. The summed E-state index contributed by atoms with van der Waals surface area (Å²) in [5.74, 6) is -2.50.